The first-order valence-electron chi connectivity index (χ1n) is 6.45. The molecule has 0 radical (unpaired) electrons. The maximum absolute atomic E-state index is 14.0. The van der Waals surface area contributed by atoms with Crippen LogP contribution in [-0.2, 0) is 19.3 Å². The van der Waals surface area contributed by atoms with E-state index in [4.69, 9.17) is 0 Å². The molecule has 0 atom stereocenters. The first kappa shape index (κ1) is 14.5. The molecule has 1 amide bonds. The molecule has 1 aliphatic heterocycles. The fraction of sp³-hybridized carbons (Fsp3) is 0.200. The standard InChI is InChI=1S/C15H10F4N2O/c16-13-9(3-1-5-11(13)15(17,18)19)7-21-8-12-10(14(21)22)4-2-6-20-12/h1-6H,7-8H2. The normalized spacial score (nSPS) is 14.4. The van der Waals surface area contributed by atoms with Gasteiger partial charge in [0.05, 0.1) is 23.4 Å². The number of rotatable bonds is 2. The number of alkyl halides is 3. The average Bonchev–Trinajstić information content (AvgIpc) is 2.77. The minimum Gasteiger partial charge on any atom is -0.328 e. The molecule has 7 heteroatoms. The number of carbonyl (C=O) groups excluding carboxylic acids is 1. The lowest BCUT2D eigenvalue weighted by atomic mass is 10.1. The van der Waals surface area contributed by atoms with E-state index in [1.54, 1.807) is 12.1 Å². The van der Waals surface area contributed by atoms with Crippen molar-refractivity contribution in [1.29, 1.82) is 0 Å². The van der Waals surface area contributed by atoms with Gasteiger partial charge in [-0.2, -0.15) is 13.2 Å². The topological polar surface area (TPSA) is 33.2 Å². The molecule has 0 fully saturated rings. The zero-order valence-electron chi connectivity index (χ0n) is 11.2. The number of halogens is 4. The number of amides is 1. The molecule has 22 heavy (non-hydrogen) atoms. The lowest BCUT2D eigenvalue weighted by molar-refractivity contribution is -0.140. The number of nitrogens with zero attached hydrogens (tertiary/aromatic N) is 2. The van der Waals surface area contributed by atoms with Crippen molar-refractivity contribution >= 4 is 5.91 Å². The van der Waals surface area contributed by atoms with Crippen LogP contribution in [0.3, 0.4) is 0 Å². The molecule has 0 saturated carbocycles. The van der Waals surface area contributed by atoms with Crippen LogP contribution < -0.4 is 0 Å². The van der Waals surface area contributed by atoms with E-state index in [0.717, 1.165) is 6.07 Å². The molecule has 0 aliphatic carbocycles. The zero-order chi connectivity index (χ0) is 15.9. The van der Waals surface area contributed by atoms with Gasteiger partial charge >= 0.3 is 6.18 Å². The predicted molar refractivity (Wildman–Crippen MR) is 69.2 cm³/mol. The summed E-state index contributed by atoms with van der Waals surface area (Å²) in [5.41, 5.74) is -0.557. The molecule has 1 aliphatic rings. The second-order valence-corrected chi connectivity index (χ2v) is 4.94. The van der Waals surface area contributed by atoms with Gasteiger partial charge in [-0.05, 0) is 18.2 Å². The summed E-state index contributed by atoms with van der Waals surface area (Å²) >= 11 is 0. The Morgan fingerprint density at radius 2 is 1.95 bits per heavy atom. The highest BCUT2D eigenvalue weighted by molar-refractivity contribution is 5.97. The molecule has 0 unspecified atom stereocenters. The first-order valence-corrected chi connectivity index (χ1v) is 6.45. The fourth-order valence-electron chi connectivity index (χ4n) is 2.44. The van der Waals surface area contributed by atoms with Crippen molar-refractivity contribution in [2.45, 2.75) is 19.3 Å². The Bertz CT molecular complexity index is 743. The highest BCUT2D eigenvalue weighted by atomic mass is 19.4. The number of carbonyl (C=O) groups is 1. The quantitative estimate of drug-likeness (QED) is 0.797. The maximum atomic E-state index is 14.0. The van der Waals surface area contributed by atoms with Gasteiger partial charge in [0.1, 0.15) is 5.82 Å². The van der Waals surface area contributed by atoms with E-state index in [2.05, 4.69) is 4.98 Å². The van der Waals surface area contributed by atoms with Crippen LogP contribution in [-0.4, -0.2) is 15.8 Å². The van der Waals surface area contributed by atoms with Crippen molar-refractivity contribution < 1.29 is 22.4 Å². The van der Waals surface area contributed by atoms with E-state index in [0.29, 0.717) is 17.3 Å². The Kier molecular flexibility index (Phi) is 3.35. The summed E-state index contributed by atoms with van der Waals surface area (Å²) in [7, 11) is 0. The van der Waals surface area contributed by atoms with Crippen molar-refractivity contribution in [3.8, 4) is 0 Å². The van der Waals surface area contributed by atoms with Gasteiger partial charge in [0.25, 0.3) is 5.91 Å². The second-order valence-electron chi connectivity index (χ2n) is 4.94. The SMILES string of the molecule is O=C1c2cccnc2CN1Cc1cccc(C(F)(F)F)c1F. The Morgan fingerprint density at radius 1 is 1.18 bits per heavy atom. The van der Waals surface area contributed by atoms with E-state index < -0.39 is 17.6 Å². The Hall–Kier alpha value is -2.44. The molecular weight excluding hydrogens is 300 g/mol. The Morgan fingerprint density at radius 3 is 2.64 bits per heavy atom. The largest absolute Gasteiger partial charge is 0.419 e. The molecule has 0 bridgehead atoms. The molecule has 3 rings (SSSR count). The third-order valence-corrected chi connectivity index (χ3v) is 3.49. The van der Waals surface area contributed by atoms with Crippen molar-refractivity contribution in [3.63, 3.8) is 0 Å². The average molecular weight is 310 g/mol. The summed E-state index contributed by atoms with van der Waals surface area (Å²) in [6.45, 7) is -0.0738. The van der Waals surface area contributed by atoms with E-state index in [-0.39, 0.29) is 24.6 Å². The summed E-state index contributed by atoms with van der Waals surface area (Å²) in [6.07, 6.45) is -3.24. The van der Waals surface area contributed by atoms with Gasteiger partial charge < -0.3 is 4.90 Å². The molecule has 0 spiro atoms. The molecule has 2 heterocycles. The molecule has 2 aromatic rings. The van der Waals surface area contributed by atoms with Crippen molar-refractivity contribution in [2.75, 3.05) is 0 Å². The highest BCUT2D eigenvalue weighted by Gasteiger charge is 2.35. The van der Waals surface area contributed by atoms with Crippen molar-refractivity contribution in [1.82, 2.24) is 9.88 Å². The van der Waals surface area contributed by atoms with Crippen LogP contribution in [0.15, 0.2) is 36.5 Å². The number of fused-ring (bicyclic) bond motifs is 1. The van der Waals surface area contributed by atoms with E-state index in [9.17, 15) is 22.4 Å². The van der Waals surface area contributed by atoms with Crippen LogP contribution in [0.25, 0.3) is 0 Å². The smallest absolute Gasteiger partial charge is 0.328 e. The van der Waals surface area contributed by atoms with Gasteiger partial charge in [0.2, 0.25) is 0 Å². The Balaban J connectivity index is 1.88. The van der Waals surface area contributed by atoms with Gasteiger partial charge in [-0.15, -0.1) is 0 Å². The minimum absolute atomic E-state index is 0.157. The zero-order valence-corrected chi connectivity index (χ0v) is 11.2. The number of aromatic nitrogens is 1. The summed E-state index contributed by atoms with van der Waals surface area (Å²) < 4.78 is 52.1. The lowest BCUT2D eigenvalue weighted by Gasteiger charge is -2.17. The third-order valence-electron chi connectivity index (χ3n) is 3.49. The Labute approximate surface area is 123 Å². The van der Waals surface area contributed by atoms with Crippen LogP contribution in [0.4, 0.5) is 17.6 Å². The van der Waals surface area contributed by atoms with E-state index >= 15 is 0 Å². The van der Waals surface area contributed by atoms with Crippen LogP contribution in [0.1, 0.15) is 27.2 Å². The molecule has 3 nitrogen and oxygen atoms in total. The van der Waals surface area contributed by atoms with Gasteiger partial charge in [-0.25, -0.2) is 4.39 Å². The van der Waals surface area contributed by atoms with Crippen molar-refractivity contribution in [2.24, 2.45) is 0 Å². The van der Waals surface area contributed by atoms with Crippen molar-refractivity contribution in [3.05, 3.63) is 64.7 Å². The summed E-state index contributed by atoms with van der Waals surface area (Å²) in [5.74, 6) is -1.70. The van der Waals surface area contributed by atoms with Crippen LogP contribution in [0.5, 0.6) is 0 Å². The first-order chi connectivity index (χ1) is 10.4. The summed E-state index contributed by atoms with van der Waals surface area (Å²) in [4.78, 5) is 17.5. The van der Waals surface area contributed by atoms with Crippen LogP contribution in [0, 0.1) is 5.82 Å². The fourth-order valence-corrected chi connectivity index (χ4v) is 2.44. The minimum atomic E-state index is -4.76. The summed E-state index contributed by atoms with van der Waals surface area (Å²) in [6, 6.07) is 6.25. The molecule has 0 N–H and O–H groups in total. The van der Waals surface area contributed by atoms with Gasteiger partial charge in [0, 0.05) is 18.3 Å². The number of benzene rings is 1. The van der Waals surface area contributed by atoms with Crippen LogP contribution in [0.2, 0.25) is 0 Å². The molecule has 0 saturated heterocycles. The van der Waals surface area contributed by atoms with Gasteiger partial charge in [-0.1, -0.05) is 12.1 Å². The number of hydrogen-bond acceptors (Lipinski definition) is 2. The monoisotopic (exact) mass is 310 g/mol. The van der Waals surface area contributed by atoms with Gasteiger partial charge in [-0.3, -0.25) is 9.78 Å². The highest BCUT2D eigenvalue weighted by Crippen LogP contribution is 2.33. The lowest BCUT2D eigenvalue weighted by Crippen LogP contribution is -2.24. The summed E-state index contributed by atoms with van der Waals surface area (Å²) in [5, 5.41) is 0. The number of hydrogen-bond donors (Lipinski definition) is 0. The molecule has 1 aromatic heterocycles. The number of pyridine rings is 1. The molecular formula is C15H10F4N2O. The second kappa shape index (κ2) is 5.08. The van der Waals surface area contributed by atoms with Gasteiger partial charge in [0.15, 0.2) is 0 Å². The van der Waals surface area contributed by atoms with Crippen LogP contribution >= 0.6 is 0 Å². The molecule has 1 aromatic carbocycles. The maximum Gasteiger partial charge on any atom is 0.419 e. The predicted octanol–water partition coefficient (Wildman–Crippen LogP) is 3.40. The molecule has 114 valence electrons. The third kappa shape index (κ3) is 2.43. The van der Waals surface area contributed by atoms with E-state index in [1.165, 1.54) is 17.2 Å². The van der Waals surface area contributed by atoms with E-state index in [1.807, 2.05) is 0 Å².